The Morgan fingerprint density at radius 3 is 2.50 bits per heavy atom. The average Bonchev–Trinajstić information content (AvgIpc) is 2.43. The zero-order chi connectivity index (χ0) is 10.7. The van der Waals surface area contributed by atoms with Gasteiger partial charge in [-0.3, -0.25) is 0 Å². The van der Waals surface area contributed by atoms with E-state index < -0.39 is 0 Å². The summed E-state index contributed by atoms with van der Waals surface area (Å²) >= 11 is 3.42. The van der Waals surface area contributed by atoms with Crippen LogP contribution in [0.15, 0.2) is 4.60 Å². The number of nitrogens with zero attached hydrogens (tertiary/aromatic N) is 3. The van der Waals surface area contributed by atoms with Crippen LogP contribution in [0.5, 0.6) is 0 Å². The Bertz CT molecular complexity index is 276. The second kappa shape index (κ2) is 4.89. The fourth-order valence-electron chi connectivity index (χ4n) is 1.54. The summed E-state index contributed by atoms with van der Waals surface area (Å²) in [5.74, 6) is 0.517. The van der Waals surface area contributed by atoms with E-state index in [-0.39, 0.29) is 0 Å². The molecule has 1 aromatic heterocycles. The van der Waals surface area contributed by atoms with Gasteiger partial charge in [-0.25, -0.2) is 4.68 Å². The van der Waals surface area contributed by atoms with Crippen LogP contribution in [0.3, 0.4) is 0 Å². The Kier molecular flexibility index (Phi) is 4.07. The first kappa shape index (κ1) is 11.7. The minimum Gasteiger partial charge on any atom is -0.309 e. The summed E-state index contributed by atoms with van der Waals surface area (Å²) in [5, 5.41) is 11.4. The van der Waals surface area contributed by atoms with Crippen LogP contribution in [0.4, 0.5) is 0 Å². The first-order valence-corrected chi connectivity index (χ1v) is 5.65. The number of nitrogens with one attached hydrogen (secondary N) is 1. The van der Waals surface area contributed by atoms with Gasteiger partial charge in [0.25, 0.3) is 0 Å². The van der Waals surface area contributed by atoms with Gasteiger partial charge in [-0.2, -0.15) is 0 Å². The second-order valence-electron chi connectivity index (χ2n) is 3.67. The topological polar surface area (TPSA) is 42.7 Å². The van der Waals surface area contributed by atoms with Gasteiger partial charge in [0, 0.05) is 7.05 Å². The highest BCUT2D eigenvalue weighted by atomic mass is 79.9. The summed E-state index contributed by atoms with van der Waals surface area (Å²) < 4.78 is 2.65. The maximum atomic E-state index is 3.99. The normalized spacial score (nSPS) is 13.6. The van der Waals surface area contributed by atoms with Gasteiger partial charge in [0.05, 0.1) is 11.7 Å². The lowest BCUT2D eigenvalue weighted by Crippen LogP contribution is -2.27. The first-order valence-electron chi connectivity index (χ1n) is 4.86. The highest BCUT2D eigenvalue weighted by Crippen LogP contribution is 2.26. The molecular weight excluding hydrogens is 244 g/mol. The molecule has 0 bridgehead atoms. The maximum absolute atomic E-state index is 3.99. The number of halogens is 1. The predicted octanol–water partition coefficient (Wildman–Crippen LogP) is 1.88. The third kappa shape index (κ3) is 2.33. The third-order valence-corrected chi connectivity index (χ3v) is 2.78. The summed E-state index contributed by atoms with van der Waals surface area (Å²) in [7, 11) is 1.92. The Hall–Kier alpha value is -0.420. The van der Waals surface area contributed by atoms with E-state index in [1.165, 1.54) is 0 Å². The molecule has 4 nitrogen and oxygen atoms in total. The minimum atomic E-state index is 0.300. The van der Waals surface area contributed by atoms with E-state index in [1.54, 1.807) is 0 Å². The molecule has 1 heterocycles. The monoisotopic (exact) mass is 260 g/mol. The van der Waals surface area contributed by atoms with Gasteiger partial charge >= 0.3 is 0 Å². The molecule has 0 amide bonds. The summed E-state index contributed by atoms with van der Waals surface area (Å²) in [6, 6.07) is 0.300. The van der Waals surface area contributed by atoms with E-state index in [4.69, 9.17) is 0 Å². The van der Waals surface area contributed by atoms with E-state index in [1.807, 2.05) is 11.7 Å². The first-order chi connectivity index (χ1) is 6.57. The summed E-state index contributed by atoms with van der Waals surface area (Å²) in [6.07, 6.45) is 0. The Morgan fingerprint density at radius 2 is 2.14 bits per heavy atom. The Labute approximate surface area is 93.2 Å². The highest BCUT2D eigenvalue weighted by Gasteiger charge is 2.21. The SMILES string of the molecule is CCNC(c1c(Br)nnn1C)C(C)C. The van der Waals surface area contributed by atoms with Crippen LogP contribution in [0.1, 0.15) is 32.5 Å². The van der Waals surface area contributed by atoms with E-state index in [9.17, 15) is 0 Å². The molecule has 1 aromatic rings. The molecule has 0 saturated heterocycles. The highest BCUT2D eigenvalue weighted by molar-refractivity contribution is 9.10. The van der Waals surface area contributed by atoms with Crippen LogP contribution in [0.25, 0.3) is 0 Å². The fourth-order valence-corrected chi connectivity index (χ4v) is 2.11. The van der Waals surface area contributed by atoms with Crippen LogP contribution in [-0.2, 0) is 7.05 Å². The van der Waals surface area contributed by atoms with Gasteiger partial charge in [-0.05, 0) is 28.4 Å². The molecule has 80 valence electrons. The zero-order valence-electron chi connectivity index (χ0n) is 9.08. The molecule has 1 rings (SSSR count). The second-order valence-corrected chi connectivity index (χ2v) is 4.42. The molecule has 0 aliphatic carbocycles. The lowest BCUT2D eigenvalue weighted by Gasteiger charge is -2.21. The van der Waals surface area contributed by atoms with Crippen LogP contribution in [0, 0.1) is 5.92 Å². The molecule has 0 aliphatic rings. The smallest absolute Gasteiger partial charge is 0.153 e. The molecule has 0 spiro atoms. The summed E-state index contributed by atoms with van der Waals surface area (Å²) in [5.41, 5.74) is 1.11. The van der Waals surface area contributed by atoms with Gasteiger partial charge in [-0.1, -0.05) is 26.0 Å². The largest absolute Gasteiger partial charge is 0.309 e. The van der Waals surface area contributed by atoms with Crippen LogP contribution in [-0.4, -0.2) is 21.5 Å². The number of aromatic nitrogens is 3. The molecule has 5 heteroatoms. The summed E-state index contributed by atoms with van der Waals surface area (Å²) in [6.45, 7) is 7.42. The molecule has 0 radical (unpaired) electrons. The summed E-state index contributed by atoms with van der Waals surface area (Å²) in [4.78, 5) is 0. The predicted molar refractivity (Wildman–Crippen MR) is 60.0 cm³/mol. The van der Waals surface area contributed by atoms with Gasteiger partial charge in [0.1, 0.15) is 0 Å². The van der Waals surface area contributed by atoms with Gasteiger partial charge < -0.3 is 5.32 Å². The van der Waals surface area contributed by atoms with E-state index in [0.717, 1.165) is 16.8 Å². The van der Waals surface area contributed by atoms with Crippen molar-refractivity contribution in [2.75, 3.05) is 6.54 Å². The van der Waals surface area contributed by atoms with Crippen molar-refractivity contribution < 1.29 is 0 Å². The fraction of sp³-hybridized carbons (Fsp3) is 0.778. The zero-order valence-corrected chi connectivity index (χ0v) is 10.7. The van der Waals surface area contributed by atoms with Crippen molar-refractivity contribution in [2.45, 2.75) is 26.8 Å². The van der Waals surface area contributed by atoms with Crippen molar-refractivity contribution in [2.24, 2.45) is 13.0 Å². The van der Waals surface area contributed by atoms with Crippen LogP contribution >= 0.6 is 15.9 Å². The quantitative estimate of drug-likeness (QED) is 0.899. The van der Waals surface area contributed by atoms with Crippen LogP contribution < -0.4 is 5.32 Å². The van der Waals surface area contributed by atoms with Gasteiger partial charge in [-0.15, -0.1) is 5.10 Å². The lowest BCUT2D eigenvalue weighted by atomic mass is 10.0. The number of hydrogen-bond acceptors (Lipinski definition) is 3. The van der Waals surface area contributed by atoms with Crippen molar-refractivity contribution in [1.82, 2.24) is 20.3 Å². The molecule has 1 atom stereocenters. The molecule has 1 unspecified atom stereocenters. The molecule has 0 aliphatic heterocycles. The maximum Gasteiger partial charge on any atom is 0.153 e. The Morgan fingerprint density at radius 1 is 1.50 bits per heavy atom. The van der Waals surface area contributed by atoms with Crippen molar-refractivity contribution in [1.29, 1.82) is 0 Å². The molecular formula is C9H17BrN4. The van der Waals surface area contributed by atoms with Crippen LogP contribution in [0.2, 0.25) is 0 Å². The van der Waals surface area contributed by atoms with E-state index in [2.05, 4.69) is 52.3 Å². The molecule has 0 saturated carbocycles. The van der Waals surface area contributed by atoms with Crippen molar-refractivity contribution in [3.63, 3.8) is 0 Å². The minimum absolute atomic E-state index is 0.300. The number of aryl methyl sites for hydroxylation is 1. The standard InChI is InChI=1S/C9H17BrN4/c1-5-11-7(6(2)3)8-9(10)12-13-14(8)4/h6-7,11H,5H2,1-4H3. The lowest BCUT2D eigenvalue weighted by molar-refractivity contribution is 0.397. The average molecular weight is 261 g/mol. The number of hydrogen-bond donors (Lipinski definition) is 1. The molecule has 0 fully saturated rings. The van der Waals surface area contributed by atoms with E-state index in [0.29, 0.717) is 12.0 Å². The molecule has 14 heavy (non-hydrogen) atoms. The van der Waals surface area contributed by atoms with Gasteiger partial charge in [0.2, 0.25) is 0 Å². The van der Waals surface area contributed by atoms with Crippen molar-refractivity contribution in [3.8, 4) is 0 Å². The Balaban J connectivity index is 2.98. The number of rotatable bonds is 4. The van der Waals surface area contributed by atoms with Crippen molar-refractivity contribution in [3.05, 3.63) is 10.3 Å². The van der Waals surface area contributed by atoms with Crippen molar-refractivity contribution >= 4 is 15.9 Å². The van der Waals surface area contributed by atoms with E-state index >= 15 is 0 Å². The van der Waals surface area contributed by atoms with Gasteiger partial charge in [0.15, 0.2) is 4.60 Å². The third-order valence-electron chi connectivity index (χ3n) is 2.21. The molecule has 1 N–H and O–H groups in total. The molecule has 0 aromatic carbocycles.